The minimum absolute atomic E-state index is 0.0531. The van der Waals surface area contributed by atoms with E-state index in [-0.39, 0.29) is 24.2 Å². The quantitative estimate of drug-likeness (QED) is 0.0498. The predicted octanol–water partition coefficient (Wildman–Crippen LogP) is 3.78. The van der Waals surface area contributed by atoms with E-state index in [1.54, 1.807) is 30.9 Å². The zero-order chi connectivity index (χ0) is 44.5. The van der Waals surface area contributed by atoms with Crippen LogP contribution in [0.2, 0.25) is 0 Å². The van der Waals surface area contributed by atoms with Gasteiger partial charge in [-0.1, -0.05) is 31.6 Å². The highest BCUT2D eigenvalue weighted by atomic mass is 16.5. The molecule has 6 N–H and O–H groups in total. The summed E-state index contributed by atoms with van der Waals surface area (Å²) in [4.78, 5) is 59.6. The maximum absolute atomic E-state index is 12.6. The number of hydrogen-bond acceptors (Lipinski definition) is 17. The Labute approximate surface area is 371 Å². The monoisotopic (exact) mass is 873 g/mol. The summed E-state index contributed by atoms with van der Waals surface area (Å²) >= 11 is 0. The van der Waals surface area contributed by atoms with E-state index < -0.39 is 0 Å². The fourth-order valence-corrected chi connectivity index (χ4v) is 7.28. The van der Waals surface area contributed by atoms with Crippen molar-refractivity contribution in [3.05, 3.63) is 60.4 Å². The van der Waals surface area contributed by atoms with Gasteiger partial charge in [-0.15, -0.1) is 6.42 Å². The number of nitrogens with one attached hydrogen (secondary N) is 2. The summed E-state index contributed by atoms with van der Waals surface area (Å²) in [6.07, 6.45) is 21.3. The van der Waals surface area contributed by atoms with E-state index in [2.05, 4.69) is 61.2 Å². The van der Waals surface area contributed by atoms with Crippen molar-refractivity contribution in [1.82, 2.24) is 55.3 Å². The maximum atomic E-state index is 12.6. The van der Waals surface area contributed by atoms with Crippen molar-refractivity contribution in [2.45, 2.75) is 64.3 Å². The Morgan fingerprint density at radius 2 is 1.42 bits per heavy atom. The van der Waals surface area contributed by atoms with E-state index >= 15 is 0 Å². The molecule has 1 aromatic carbocycles. The largest absolute Gasteiger partial charge is 0.424 e. The number of benzene rings is 1. The second-order valence-electron chi connectivity index (χ2n) is 15.3. The summed E-state index contributed by atoms with van der Waals surface area (Å²) in [5.41, 5.74) is 16.4. The van der Waals surface area contributed by atoms with Crippen LogP contribution in [0.15, 0.2) is 53.7 Å². The average molecular weight is 874 g/mol. The highest BCUT2D eigenvalue weighted by Crippen LogP contribution is 2.32. The number of aromatic nitrogens is 9. The summed E-state index contributed by atoms with van der Waals surface area (Å²) in [5, 5.41) is 11.4. The number of oxazole rings is 1. The van der Waals surface area contributed by atoms with Crippen molar-refractivity contribution in [2.24, 2.45) is 0 Å². The van der Waals surface area contributed by atoms with Crippen LogP contribution in [-0.4, -0.2) is 122 Å². The second kappa shape index (κ2) is 22.9. The molecule has 0 spiro atoms. The topological polar surface area (TPSA) is 256 Å². The molecule has 2 amide bonds. The van der Waals surface area contributed by atoms with Gasteiger partial charge in [0, 0.05) is 89.2 Å². The lowest BCUT2D eigenvalue weighted by Gasteiger charge is -2.34. The normalized spacial score (nSPS) is 12.8. The lowest BCUT2D eigenvalue weighted by Crippen LogP contribution is -2.47. The van der Waals surface area contributed by atoms with Crippen molar-refractivity contribution >= 4 is 57.7 Å². The van der Waals surface area contributed by atoms with Crippen molar-refractivity contribution in [3.63, 3.8) is 0 Å². The molecule has 64 heavy (non-hydrogen) atoms. The van der Waals surface area contributed by atoms with Crippen molar-refractivity contribution in [2.75, 3.05) is 87.0 Å². The number of terminal acetylenes is 1. The number of amides is 2. The third kappa shape index (κ3) is 12.4. The fraction of sp³-hybridized carbons (Fsp3) is 0.455. The van der Waals surface area contributed by atoms with Gasteiger partial charge in [-0.3, -0.25) is 9.59 Å². The van der Waals surface area contributed by atoms with E-state index in [4.69, 9.17) is 36.9 Å². The van der Waals surface area contributed by atoms with Gasteiger partial charge in [-0.2, -0.15) is 10.1 Å². The third-order valence-corrected chi connectivity index (χ3v) is 10.8. The third-order valence-electron chi connectivity index (χ3n) is 10.8. The number of anilines is 4. The predicted molar refractivity (Wildman–Crippen MR) is 242 cm³/mol. The molecule has 0 aliphatic carbocycles. The molecule has 1 fully saturated rings. The molecular formula is C44H55N15O5. The van der Waals surface area contributed by atoms with Crippen molar-refractivity contribution in [1.29, 1.82) is 0 Å². The van der Waals surface area contributed by atoms with Crippen LogP contribution in [0.4, 0.5) is 23.7 Å². The molecule has 336 valence electrons. The zero-order valence-electron chi connectivity index (χ0n) is 36.0. The van der Waals surface area contributed by atoms with Gasteiger partial charge in [0.25, 0.3) is 11.9 Å². The lowest BCUT2D eigenvalue weighted by atomic mass is 10.1. The molecule has 6 aromatic rings. The van der Waals surface area contributed by atoms with Gasteiger partial charge >= 0.3 is 0 Å². The number of aryl methyl sites for hydroxylation is 1. The van der Waals surface area contributed by atoms with Crippen molar-refractivity contribution < 1.29 is 23.5 Å². The smallest absolute Gasteiger partial charge is 0.292 e. The first-order valence-electron chi connectivity index (χ1n) is 21.8. The van der Waals surface area contributed by atoms with Crippen molar-refractivity contribution in [3.8, 4) is 23.6 Å². The molecule has 7 rings (SSSR count). The van der Waals surface area contributed by atoms with Gasteiger partial charge in [0.2, 0.25) is 17.8 Å². The standard InChI is InChI=1S/C44H55N15O5/c1-2-31-26-49-43(50-27-31)57-17-19-58(20-18-57)44-51-28-33(29-52-44)41(61)48-15-7-5-3-4-6-10-21-62-23-24-63-22-13-36(60)47-14-8-9-16-59-40-37(39(45)53-30-54-40)38(56-59)32-11-12-35-34(25-32)55-42(46)64-35/h1,11-12,25-30H,3-10,13-24H2,(H2,46,55)(H,47,60)(H,48,61)(H2,45,53,54). The van der Waals surface area contributed by atoms with Crippen LogP contribution in [0.1, 0.15) is 73.7 Å². The number of nitrogens with zero attached hydrogens (tertiary/aromatic N) is 11. The number of carbonyl (C=O) groups excluding carboxylic acids is 2. The van der Waals surface area contributed by atoms with Crippen LogP contribution < -0.4 is 31.9 Å². The molecule has 5 aromatic heterocycles. The summed E-state index contributed by atoms with van der Waals surface area (Å²) in [5.74, 6) is 3.91. The maximum Gasteiger partial charge on any atom is 0.292 e. The average Bonchev–Trinajstić information content (AvgIpc) is 3.90. The van der Waals surface area contributed by atoms with E-state index in [1.165, 1.54) is 6.33 Å². The first-order valence-corrected chi connectivity index (χ1v) is 21.8. The van der Waals surface area contributed by atoms with Crippen LogP contribution in [0.5, 0.6) is 0 Å². The van der Waals surface area contributed by atoms with E-state index in [0.29, 0.717) is 103 Å². The Kier molecular flexibility index (Phi) is 16.1. The number of nitrogens with two attached hydrogens (primary N) is 2. The molecule has 6 heterocycles. The highest BCUT2D eigenvalue weighted by Gasteiger charge is 2.22. The van der Waals surface area contributed by atoms with Crippen LogP contribution >= 0.6 is 0 Å². The Bertz CT molecular complexity index is 2480. The number of hydrogen-bond donors (Lipinski definition) is 4. The van der Waals surface area contributed by atoms with E-state index in [1.807, 2.05) is 16.8 Å². The fourth-order valence-electron chi connectivity index (χ4n) is 7.28. The van der Waals surface area contributed by atoms with E-state index in [9.17, 15) is 9.59 Å². The molecule has 1 saturated heterocycles. The number of unbranched alkanes of at least 4 members (excludes halogenated alkanes) is 6. The molecule has 0 radical (unpaired) electrons. The number of carbonyl (C=O) groups is 2. The van der Waals surface area contributed by atoms with Gasteiger partial charge < -0.3 is 45.8 Å². The van der Waals surface area contributed by atoms with E-state index in [0.717, 1.165) is 83.1 Å². The SMILES string of the molecule is C#Cc1cnc(N2CCN(c3ncc(C(=O)NCCCCCCCCOCCOCCC(=O)NCCCCn4nc(-c5ccc6oc(N)nc6c5)c5c(N)ncnc54)cn3)CC2)nc1. The van der Waals surface area contributed by atoms with Gasteiger partial charge in [0.05, 0.1) is 36.3 Å². The highest BCUT2D eigenvalue weighted by molar-refractivity contribution is 5.99. The molecule has 20 nitrogen and oxygen atoms in total. The van der Waals surface area contributed by atoms with Crippen LogP contribution in [0.3, 0.4) is 0 Å². The van der Waals surface area contributed by atoms with Crippen LogP contribution in [0.25, 0.3) is 33.4 Å². The Balaban J connectivity index is 0.653. The second-order valence-corrected chi connectivity index (χ2v) is 15.3. The number of piperazine rings is 1. The lowest BCUT2D eigenvalue weighted by molar-refractivity contribution is -0.122. The first kappa shape index (κ1) is 45.1. The Hall–Kier alpha value is -6.98. The van der Waals surface area contributed by atoms with Crippen LogP contribution in [-0.2, 0) is 20.8 Å². The molecule has 20 heteroatoms. The summed E-state index contributed by atoms with van der Waals surface area (Å²) in [6, 6.07) is 5.62. The van der Waals surface area contributed by atoms with Gasteiger partial charge in [0.1, 0.15) is 23.4 Å². The molecular weight excluding hydrogens is 819 g/mol. The first-order chi connectivity index (χ1) is 31.4. The number of rotatable bonds is 24. The Morgan fingerprint density at radius 3 is 2.16 bits per heavy atom. The molecule has 0 saturated carbocycles. The molecule has 0 bridgehead atoms. The van der Waals surface area contributed by atoms with Gasteiger partial charge in [-0.05, 0) is 43.9 Å². The molecule has 0 unspecified atom stereocenters. The number of ether oxygens (including phenoxy) is 2. The molecule has 1 aliphatic rings. The minimum Gasteiger partial charge on any atom is -0.424 e. The summed E-state index contributed by atoms with van der Waals surface area (Å²) in [6.45, 7) is 6.59. The number of nitrogen functional groups attached to an aromatic ring is 2. The van der Waals surface area contributed by atoms with Crippen LogP contribution in [0, 0.1) is 12.3 Å². The molecule has 0 atom stereocenters. The molecule has 1 aliphatic heterocycles. The minimum atomic E-state index is -0.165. The summed E-state index contributed by atoms with van der Waals surface area (Å²) in [7, 11) is 0. The van der Waals surface area contributed by atoms with Gasteiger partial charge in [0.15, 0.2) is 11.2 Å². The van der Waals surface area contributed by atoms with Gasteiger partial charge in [-0.25, -0.2) is 34.6 Å². The summed E-state index contributed by atoms with van der Waals surface area (Å²) < 4.78 is 18.5. The Morgan fingerprint density at radius 1 is 0.766 bits per heavy atom. The zero-order valence-corrected chi connectivity index (χ0v) is 36.0. The number of fused-ring (bicyclic) bond motifs is 2.